The maximum atomic E-state index is 13.7. The maximum absolute atomic E-state index is 13.7. The third-order valence-electron chi connectivity index (χ3n) is 7.42. The molecule has 0 bridgehead atoms. The van der Waals surface area contributed by atoms with Crippen LogP contribution in [0.3, 0.4) is 0 Å². The molecule has 5 rings (SSSR count). The molecule has 0 fully saturated rings. The summed E-state index contributed by atoms with van der Waals surface area (Å²) >= 11 is 0. The molecule has 1 atom stereocenters. The summed E-state index contributed by atoms with van der Waals surface area (Å²) < 4.78 is 5.60. The van der Waals surface area contributed by atoms with Crippen LogP contribution in [0.25, 0.3) is 10.9 Å². The predicted molar refractivity (Wildman–Crippen MR) is 167 cm³/mol. The molecule has 0 aliphatic carbocycles. The van der Waals surface area contributed by atoms with Crippen LogP contribution in [0.5, 0.6) is 0 Å². The maximum Gasteiger partial charge on any atom is 0.407 e. The van der Waals surface area contributed by atoms with Crippen LogP contribution in [0.4, 0.5) is 10.8 Å². The number of amides is 2. The molecule has 2 N–H and O–H groups in total. The number of carboxylic acid groups (broad SMARTS) is 1. The van der Waals surface area contributed by atoms with Crippen molar-refractivity contribution in [1.29, 1.82) is 0 Å². The van der Waals surface area contributed by atoms with E-state index in [-0.39, 0.29) is 30.4 Å². The smallest absolute Gasteiger partial charge is 0.407 e. The molecule has 0 saturated carbocycles. The Kier molecular flexibility index (Phi) is 9.29. The van der Waals surface area contributed by atoms with Gasteiger partial charge in [0.05, 0.1) is 17.4 Å². The van der Waals surface area contributed by atoms with Crippen LogP contribution in [0, 0.1) is 6.92 Å². The van der Waals surface area contributed by atoms with Gasteiger partial charge < -0.3 is 19.7 Å². The van der Waals surface area contributed by atoms with Crippen LogP contribution in [0.15, 0.2) is 107 Å². The predicted octanol–water partition coefficient (Wildman–Crippen LogP) is 5.25. The van der Waals surface area contributed by atoms with Gasteiger partial charge in [-0.2, -0.15) is 4.98 Å². The van der Waals surface area contributed by atoms with E-state index in [0.29, 0.717) is 29.6 Å². The van der Waals surface area contributed by atoms with Gasteiger partial charge in [-0.15, -0.1) is 0 Å². The zero-order chi connectivity index (χ0) is 31.1. The zero-order valence-corrected chi connectivity index (χ0v) is 24.5. The lowest BCUT2D eigenvalue weighted by molar-refractivity contribution is -0.131. The van der Waals surface area contributed by atoms with Crippen molar-refractivity contribution in [3.05, 3.63) is 136 Å². The molecule has 5 aromatic rings. The number of aryl methyl sites for hydroxylation is 1. The molecule has 0 aliphatic rings. The highest BCUT2D eigenvalue weighted by Crippen LogP contribution is 2.22. The lowest BCUT2D eigenvalue weighted by Crippen LogP contribution is -2.42. The van der Waals surface area contributed by atoms with Gasteiger partial charge in [-0.1, -0.05) is 72.8 Å². The van der Waals surface area contributed by atoms with Crippen LogP contribution in [-0.2, 0) is 30.8 Å². The van der Waals surface area contributed by atoms with Crippen LogP contribution in [0.1, 0.15) is 27.8 Å². The third kappa shape index (κ3) is 7.27. The van der Waals surface area contributed by atoms with Crippen LogP contribution >= 0.6 is 0 Å². The first-order valence-corrected chi connectivity index (χ1v) is 14.2. The second kappa shape index (κ2) is 13.6. The molecule has 44 heavy (non-hydrogen) atoms. The van der Waals surface area contributed by atoms with E-state index in [0.717, 1.165) is 16.7 Å². The molecule has 2 amide bonds. The van der Waals surface area contributed by atoms with E-state index in [1.54, 1.807) is 55.5 Å². The number of carbonyl (C=O) groups excluding carboxylic acids is 1. The highest BCUT2D eigenvalue weighted by atomic mass is 16.4. The number of pyridine rings is 1. The van der Waals surface area contributed by atoms with Gasteiger partial charge in [0, 0.05) is 39.0 Å². The number of benzene rings is 3. The topological polar surface area (TPSA) is 129 Å². The first-order valence-electron chi connectivity index (χ1n) is 14.2. The number of carbonyl (C=O) groups is 2. The molecule has 0 spiro atoms. The molecule has 224 valence electrons. The fraction of sp³-hybridized carbons (Fsp3) is 0.206. The summed E-state index contributed by atoms with van der Waals surface area (Å²) in [6, 6.07) is 25.4. The second-order valence-corrected chi connectivity index (χ2v) is 10.6. The largest absolute Gasteiger partial charge is 0.465 e. The number of hydrogen-bond donors (Lipinski definition) is 2. The molecule has 10 nitrogen and oxygen atoms in total. The van der Waals surface area contributed by atoms with Gasteiger partial charge in [0.2, 0.25) is 5.91 Å². The Hall–Kier alpha value is -5.51. The first kappa shape index (κ1) is 30.0. The van der Waals surface area contributed by atoms with Crippen molar-refractivity contribution in [3.8, 4) is 0 Å². The summed E-state index contributed by atoms with van der Waals surface area (Å²) in [4.78, 5) is 50.4. The van der Waals surface area contributed by atoms with E-state index in [4.69, 9.17) is 4.42 Å². The van der Waals surface area contributed by atoms with Gasteiger partial charge in [0.1, 0.15) is 6.04 Å². The first-order chi connectivity index (χ1) is 21.3. The summed E-state index contributed by atoms with van der Waals surface area (Å²) in [5.74, 6) is -0.184. The Morgan fingerprint density at radius 3 is 2.23 bits per heavy atom. The Balaban J connectivity index is 1.40. The summed E-state index contributed by atoms with van der Waals surface area (Å²) in [7, 11) is 1.73. The number of nitrogens with zero attached hydrogens (tertiary/aromatic N) is 4. The highest BCUT2D eigenvalue weighted by Gasteiger charge is 2.25. The van der Waals surface area contributed by atoms with Crippen LogP contribution in [0.2, 0.25) is 0 Å². The molecular formula is C34H33N5O5. The Bertz CT molecular complexity index is 1800. The molecule has 2 aromatic heterocycles. The summed E-state index contributed by atoms with van der Waals surface area (Å²) in [5, 5.41) is 13.2. The number of likely N-dealkylation sites (N-methyl/N-ethyl adjacent to an activating group) is 1. The number of fused-ring (bicyclic) bond motifs is 1. The van der Waals surface area contributed by atoms with Crippen molar-refractivity contribution in [2.75, 3.05) is 12.4 Å². The second-order valence-electron chi connectivity index (χ2n) is 10.6. The summed E-state index contributed by atoms with van der Waals surface area (Å²) in [6.45, 7) is 2.37. The van der Waals surface area contributed by atoms with E-state index in [9.17, 15) is 19.5 Å². The van der Waals surface area contributed by atoms with Gasteiger partial charge in [-0.25, -0.2) is 9.59 Å². The Labute approximate surface area is 254 Å². The van der Waals surface area contributed by atoms with Gasteiger partial charge in [0.25, 0.3) is 6.01 Å². The number of rotatable bonds is 11. The van der Waals surface area contributed by atoms with Crippen LogP contribution in [-0.4, -0.2) is 50.0 Å². The van der Waals surface area contributed by atoms with E-state index in [1.165, 1.54) is 4.90 Å². The van der Waals surface area contributed by atoms with Gasteiger partial charge in [0.15, 0.2) is 0 Å². The molecular weight excluding hydrogens is 558 g/mol. The van der Waals surface area contributed by atoms with E-state index >= 15 is 0 Å². The Morgan fingerprint density at radius 2 is 1.57 bits per heavy atom. The summed E-state index contributed by atoms with van der Waals surface area (Å²) in [6.07, 6.45) is 2.50. The average Bonchev–Trinajstić information content (AvgIpc) is 3.02. The van der Waals surface area contributed by atoms with Gasteiger partial charge >= 0.3 is 11.7 Å². The molecule has 2 heterocycles. The molecule has 3 aromatic carbocycles. The molecule has 0 aliphatic heterocycles. The minimum Gasteiger partial charge on any atom is -0.465 e. The monoisotopic (exact) mass is 591 g/mol. The standard InChI is InChI=1S/C34H33N5O5/c1-23-27(22-39(34(42)43)21-26-14-9-17-35-19-26)15-16-28-30(23)32(41)44-33(36-28)37-29(18-24-10-5-3-6-11-24)31(40)38(2)20-25-12-7-4-8-13-25/h3-17,19,29H,18,20-22H2,1-2H3,(H,36,37)(H,42,43). The molecule has 1 unspecified atom stereocenters. The van der Waals surface area contributed by atoms with Crippen molar-refractivity contribution in [1.82, 2.24) is 19.8 Å². The fourth-order valence-electron chi connectivity index (χ4n) is 5.10. The zero-order valence-electron chi connectivity index (χ0n) is 24.5. The SMILES string of the molecule is Cc1c(CN(Cc2cccnc2)C(=O)O)ccc2nc(NC(Cc3ccccc3)C(=O)N(C)Cc3ccccc3)oc(=O)c12. The van der Waals surface area contributed by atoms with Crippen molar-refractivity contribution in [2.24, 2.45) is 0 Å². The average molecular weight is 592 g/mol. The molecule has 0 radical (unpaired) electrons. The minimum absolute atomic E-state index is 0.0623. The number of nitrogens with one attached hydrogen (secondary N) is 1. The quantitative estimate of drug-likeness (QED) is 0.213. The number of aromatic nitrogens is 2. The molecule has 0 saturated heterocycles. The summed E-state index contributed by atoms with van der Waals surface area (Å²) in [5.41, 5.74) is 3.65. The van der Waals surface area contributed by atoms with E-state index in [2.05, 4.69) is 15.3 Å². The van der Waals surface area contributed by atoms with Crippen LogP contribution < -0.4 is 10.9 Å². The molecule has 10 heteroatoms. The van der Waals surface area contributed by atoms with Gasteiger partial charge in [-0.05, 0) is 46.9 Å². The lowest BCUT2D eigenvalue weighted by atomic mass is 10.0. The normalized spacial score (nSPS) is 11.6. The third-order valence-corrected chi connectivity index (χ3v) is 7.42. The van der Waals surface area contributed by atoms with Crippen molar-refractivity contribution in [2.45, 2.75) is 39.0 Å². The minimum atomic E-state index is -1.09. The number of hydrogen-bond acceptors (Lipinski definition) is 7. The number of anilines is 1. The fourth-order valence-corrected chi connectivity index (χ4v) is 5.10. The van der Waals surface area contributed by atoms with E-state index < -0.39 is 17.8 Å². The lowest BCUT2D eigenvalue weighted by Gasteiger charge is -2.25. The van der Waals surface area contributed by atoms with Gasteiger partial charge in [-0.3, -0.25) is 14.7 Å². The van der Waals surface area contributed by atoms with Crippen molar-refractivity contribution < 1.29 is 19.1 Å². The highest BCUT2D eigenvalue weighted by molar-refractivity contribution is 5.85. The van der Waals surface area contributed by atoms with Crippen molar-refractivity contribution >= 4 is 28.9 Å². The van der Waals surface area contributed by atoms with E-state index in [1.807, 2.05) is 60.7 Å². The van der Waals surface area contributed by atoms with Crippen molar-refractivity contribution in [3.63, 3.8) is 0 Å². The Morgan fingerprint density at radius 1 is 0.886 bits per heavy atom.